The minimum Gasteiger partial charge on any atom is -0.495 e. The minimum absolute atomic E-state index is 0.106. The van der Waals surface area contributed by atoms with Gasteiger partial charge in [0.1, 0.15) is 12.4 Å². The third-order valence-corrected chi connectivity index (χ3v) is 3.01. The van der Waals surface area contributed by atoms with Crippen LogP contribution in [0, 0.1) is 11.8 Å². The number of hydrogen-bond acceptors (Lipinski definition) is 4. The van der Waals surface area contributed by atoms with E-state index in [2.05, 4.69) is 16.7 Å². The SMILES string of the molecule is COc1ccc(CN(C)C(C)CO)cc1C#CCO. The van der Waals surface area contributed by atoms with Crippen molar-refractivity contribution in [1.82, 2.24) is 4.90 Å². The highest BCUT2D eigenvalue weighted by atomic mass is 16.5. The average Bonchev–Trinajstić information content (AvgIpc) is 2.44. The van der Waals surface area contributed by atoms with Crippen LogP contribution < -0.4 is 4.74 Å². The van der Waals surface area contributed by atoms with Crippen molar-refractivity contribution in [2.24, 2.45) is 0 Å². The number of nitrogens with zero attached hydrogens (tertiary/aromatic N) is 1. The molecule has 0 saturated heterocycles. The van der Waals surface area contributed by atoms with Crippen LogP contribution in [0.25, 0.3) is 0 Å². The lowest BCUT2D eigenvalue weighted by atomic mass is 10.1. The lowest BCUT2D eigenvalue weighted by molar-refractivity contribution is 0.154. The monoisotopic (exact) mass is 263 g/mol. The van der Waals surface area contributed by atoms with Crippen LogP contribution in [0.15, 0.2) is 18.2 Å². The highest BCUT2D eigenvalue weighted by molar-refractivity contribution is 5.48. The summed E-state index contributed by atoms with van der Waals surface area (Å²) in [6, 6.07) is 5.90. The molecule has 0 aliphatic rings. The molecule has 1 atom stereocenters. The molecule has 0 heterocycles. The summed E-state index contributed by atoms with van der Waals surface area (Å²) >= 11 is 0. The Hall–Kier alpha value is -1.54. The van der Waals surface area contributed by atoms with Crippen molar-refractivity contribution in [3.05, 3.63) is 29.3 Å². The van der Waals surface area contributed by atoms with E-state index in [-0.39, 0.29) is 19.3 Å². The number of rotatable bonds is 5. The van der Waals surface area contributed by atoms with Gasteiger partial charge >= 0.3 is 0 Å². The van der Waals surface area contributed by atoms with E-state index in [1.807, 2.05) is 32.2 Å². The molecule has 104 valence electrons. The Morgan fingerprint density at radius 2 is 2.11 bits per heavy atom. The van der Waals surface area contributed by atoms with E-state index in [4.69, 9.17) is 14.9 Å². The molecule has 1 rings (SSSR count). The summed E-state index contributed by atoms with van der Waals surface area (Å²) < 4.78 is 5.23. The second-order valence-electron chi connectivity index (χ2n) is 4.44. The Bertz CT molecular complexity index is 462. The lowest BCUT2D eigenvalue weighted by Crippen LogP contribution is -2.31. The molecule has 1 unspecified atom stereocenters. The van der Waals surface area contributed by atoms with Gasteiger partial charge in [0.25, 0.3) is 0 Å². The Balaban J connectivity index is 2.92. The molecule has 1 aromatic carbocycles. The smallest absolute Gasteiger partial charge is 0.134 e. The lowest BCUT2D eigenvalue weighted by Gasteiger charge is -2.23. The molecule has 19 heavy (non-hydrogen) atoms. The largest absolute Gasteiger partial charge is 0.495 e. The molecule has 0 fully saturated rings. The van der Waals surface area contributed by atoms with Crippen LogP contribution in [-0.4, -0.2) is 48.5 Å². The zero-order valence-corrected chi connectivity index (χ0v) is 11.7. The van der Waals surface area contributed by atoms with Crippen molar-refractivity contribution < 1.29 is 14.9 Å². The zero-order valence-electron chi connectivity index (χ0n) is 11.7. The number of ether oxygens (including phenoxy) is 1. The fraction of sp³-hybridized carbons (Fsp3) is 0.467. The van der Waals surface area contributed by atoms with Gasteiger partial charge in [0.2, 0.25) is 0 Å². The number of aliphatic hydroxyl groups excluding tert-OH is 2. The van der Waals surface area contributed by atoms with Crippen LogP contribution in [0.5, 0.6) is 5.75 Å². The molecule has 0 aromatic heterocycles. The van der Waals surface area contributed by atoms with Gasteiger partial charge in [-0.25, -0.2) is 0 Å². The van der Waals surface area contributed by atoms with Crippen molar-refractivity contribution in [1.29, 1.82) is 0 Å². The summed E-state index contributed by atoms with van der Waals surface area (Å²) in [7, 11) is 3.56. The zero-order chi connectivity index (χ0) is 14.3. The minimum atomic E-state index is -0.172. The topological polar surface area (TPSA) is 52.9 Å². The average molecular weight is 263 g/mol. The summed E-state index contributed by atoms with van der Waals surface area (Å²) in [6.45, 7) is 2.65. The van der Waals surface area contributed by atoms with Gasteiger partial charge in [0.15, 0.2) is 0 Å². The summed E-state index contributed by atoms with van der Waals surface area (Å²) in [4.78, 5) is 2.06. The first kappa shape index (κ1) is 15.5. The number of methoxy groups -OCH3 is 1. The Morgan fingerprint density at radius 3 is 2.68 bits per heavy atom. The molecule has 0 saturated carbocycles. The first-order chi connectivity index (χ1) is 9.12. The number of benzene rings is 1. The van der Waals surface area contributed by atoms with Crippen LogP contribution in [-0.2, 0) is 6.54 Å². The van der Waals surface area contributed by atoms with Crippen LogP contribution in [0.3, 0.4) is 0 Å². The van der Waals surface area contributed by atoms with Crippen molar-refractivity contribution >= 4 is 0 Å². The van der Waals surface area contributed by atoms with Gasteiger partial charge in [0.05, 0.1) is 19.3 Å². The van der Waals surface area contributed by atoms with E-state index in [1.54, 1.807) is 7.11 Å². The van der Waals surface area contributed by atoms with E-state index in [9.17, 15) is 0 Å². The van der Waals surface area contributed by atoms with E-state index >= 15 is 0 Å². The summed E-state index contributed by atoms with van der Waals surface area (Å²) in [5.41, 5.74) is 1.85. The molecule has 2 N–H and O–H groups in total. The standard InChI is InChI=1S/C15H21NO3/c1-12(11-18)16(2)10-13-6-7-15(19-3)14(9-13)5-4-8-17/h6-7,9,12,17-18H,8,10-11H2,1-3H3. The Labute approximate surface area is 114 Å². The molecule has 0 aliphatic carbocycles. The predicted molar refractivity (Wildman–Crippen MR) is 75.0 cm³/mol. The fourth-order valence-corrected chi connectivity index (χ4v) is 1.67. The van der Waals surface area contributed by atoms with Gasteiger partial charge in [-0.3, -0.25) is 4.90 Å². The number of aliphatic hydroxyl groups is 2. The van der Waals surface area contributed by atoms with Crippen molar-refractivity contribution in [2.75, 3.05) is 27.4 Å². The first-order valence-electron chi connectivity index (χ1n) is 6.20. The fourth-order valence-electron chi connectivity index (χ4n) is 1.67. The van der Waals surface area contributed by atoms with Gasteiger partial charge in [-0.15, -0.1) is 0 Å². The van der Waals surface area contributed by atoms with E-state index < -0.39 is 0 Å². The molecular weight excluding hydrogens is 242 g/mol. The molecule has 1 aromatic rings. The van der Waals surface area contributed by atoms with Gasteiger partial charge < -0.3 is 14.9 Å². The van der Waals surface area contributed by atoms with Crippen LogP contribution in [0.2, 0.25) is 0 Å². The van der Waals surface area contributed by atoms with Gasteiger partial charge in [-0.05, 0) is 31.7 Å². The van der Waals surface area contributed by atoms with Crippen LogP contribution in [0.4, 0.5) is 0 Å². The highest BCUT2D eigenvalue weighted by Crippen LogP contribution is 2.20. The first-order valence-corrected chi connectivity index (χ1v) is 6.20. The predicted octanol–water partition coefficient (Wildman–Crippen LogP) is 0.852. The number of likely N-dealkylation sites (N-methyl/N-ethyl adjacent to an activating group) is 1. The maximum atomic E-state index is 9.12. The van der Waals surface area contributed by atoms with Gasteiger partial charge in [-0.1, -0.05) is 17.9 Å². The van der Waals surface area contributed by atoms with E-state index in [0.717, 1.165) is 17.7 Å². The summed E-state index contributed by atoms with van der Waals surface area (Å²) in [6.07, 6.45) is 0. The van der Waals surface area contributed by atoms with Crippen LogP contribution in [0.1, 0.15) is 18.1 Å². The van der Waals surface area contributed by atoms with Crippen molar-refractivity contribution in [2.45, 2.75) is 19.5 Å². The second-order valence-corrected chi connectivity index (χ2v) is 4.44. The molecule has 0 amide bonds. The second kappa shape index (κ2) is 7.80. The molecular formula is C15H21NO3. The summed E-state index contributed by atoms with van der Waals surface area (Å²) in [5, 5.41) is 17.9. The van der Waals surface area contributed by atoms with Crippen molar-refractivity contribution in [3.8, 4) is 17.6 Å². The van der Waals surface area contributed by atoms with E-state index in [1.165, 1.54) is 0 Å². The third kappa shape index (κ3) is 4.56. The maximum Gasteiger partial charge on any atom is 0.134 e. The Morgan fingerprint density at radius 1 is 1.37 bits per heavy atom. The normalized spacial score (nSPS) is 11.9. The molecule has 4 heteroatoms. The van der Waals surface area contributed by atoms with Gasteiger partial charge in [-0.2, -0.15) is 0 Å². The maximum absolute atomic E-state index is 9.12. The third-order valence-electron chi connectivity index (χ3n) is 3.01. The van der Waals surface area contributed by atoms with Crippen molar-refractivity contribution in [3.63, 3.8) is 0 Å². The number of hydrogen-bond donors (Lipinski definition) is 2. The summed E-state index contributed by atoms with van der Waals surface area (Å²) in [5.74, 6) is 6.20. The molecule has 4 nitrogen and oxygen atoms in total. The molecule has 0 aliphatic heterocycles. The van der Waals surface area contributed by atoms with Gasteiger partial charge in [0, 0.05) is 12.6 Å². The van der Waals surface area contributed by atoms with E-state index in [0.29, 0.717) is 5.75 Å². The van der Waals surface area contributed by atoms with Crippen LogP contribution >= 0.6 is 0 Å². The molecule has 0 radical (unpaired) electrons. The Kier molecular flexibility index (Phi) is 6.37. The highest BCUT2D eigenvalue weighted by Gasteiger charge is 2.09. The molecule has 0 bridgehead atoms. The quantitative estimate of drug-likeness (QED) is 0.773. The molecule has 0 spiro atoms.